The standard InChI is InChI=1S/C87H54BN5/c1-90-87-74(59-31-13-5-14-32-59)52-65(53-75(87)60-33-15-6-16-34-60)92-81-47-61(85-70-39-19-17-35-66(70)67-36-18-20-40-71(67)85)43-45-77(81)88-78-46-44-63(91-79-41-23-21-37-68(79)69-38-22-24-42-80(69)91)54-82(78)93(84-49-62(48-83(92)86(84)88)56-25-7-2-8-26-56)64-50-72(57-27-9-3-10-28-57)76(55-89)73(51-64)58-29-11-4-12-30-58/h2-54,85H/i2D,7D,8D,17D,18D,19D,20D,21D,22D,23D,24D,25D,26D,35D,36D,37D,38D,39D,40D,41D,42D. The van der Waals surface area contributed by atoms with Crippen molar-refractivity contribution < 1.29 is 28.8 Å². The van der Waals surface area contributed by atoms with Crippen LogP contribution in [-0.4, -0.2) is 11.3 Å². The Balaban J connectivity index is 1.05. The van der Waals surface area contributed by atoms with Gasteiger partial charge in [0.15, 0.2) is 0 Å². The van der Waals surface area contributed by atoms with E-state index in [-0.39, 0.29) is 77.7 Å². The lowest BCUT2D eigenvalue weighted by molar-refractivity contribution is 1.01. The summed E-state index contributed by atoms with van der Waals surface area (Å²) in [6.45, 7) is 8.01. The van der Waals surface area contributed by atoms with E-state index in [1.165, 1.54) is 4.57 Å². The lowest BCUT2D eigenvalue weighted by Gasteiger charge is -2.45. The topological polar surface area (TPSA) is 39.6 Å². The summed E-state index contributed by atoms with van der Waals surface area (Å²) in [5.41, 5.74) is 8.11. The maximum atomic E-state index is 11.6. The first-order valence-electron chi connectivity index (χ1n) is 40.5. The highest BCUT2D eigenvalue weighted by molar-refractivity contribution is 7.00. The first-order valence-corrected chi connectivity index (χ1v) is 30.0. The largest absolute Gasteiger partial charge is 0.311 e. The number of aromatic nitrogens is 1. The van der Waals surface area contributed by atoms with Gasteiger partial charge in [0.1, 0.15) is 6.07 Å². The highest BCUT2D eigenvalue weighted by atomic mass is 15.2. The zero-order valence-electron chi connectivity index (χ0n) is 69.9. The fourth-order valence-electron chi connectivity index (χ4n) is 14.1. The Morgan fingerprint density at radius 1 is 0.387 bits per heavy atom. The summed E-state index contributed by atoms with van der Waals surface area (Å²) in [4.78, 5) is 8.09. The van der Waals surface area contributed by atoms with Gasteiger partial charge < -0.3 is 14.4 Å². The molecule has 1 aliphatic carbocycles. The van der Waals surface area contributed by atoms with Gasteiger partial charge >= 0.3 is 0 Å². The van der Waals surface area contributed by atoms with Crippen LogP contribution < -0.4 is 26.2 Å². The minimum absolute atomic E-state index is 0.0197. The summed E-state index contributed by atoms with van der Waals surface area (Å²) in [7, 11) is 0. The highest BCUT2D eigenvalue weighted by Crippen LogP contribution is 2.54. The molecule has 93 heavy (non-hydrogen) atoms. The van der Waals surface area contributed by atoms with Crippen LogP contribution in [0.15, 0.2) is 321 Å². The average Bonchev–Trinajstić information content (AvgIpc) is 1.13. The minimum Gasteiger partial charge on any atom is -0.311 e. The van der Waals surface area contributed by atoms with Crippen molar-refractivity contribution in [3.63, 3.8) is 0 Å². The van der Waals surface area contributed by atoms with E-state index in [1.807, 2.05) is 168 Å². The maximum absolute atomic E-state index is 11.6. The molecule has 0 saturated heterocycles. The van der Waals surface area contributed by atoms with Crippen LogP contribution >= 0.6 is 0 Å². The van der Waals surface area contributed by atoms with Crippen LogP contribution in [0.25, 0.3) is 99.1 Å². The van der Waals surface area contributed by atoms with Crippen LogP contribution in [0.2, 0.25) is 0 Å². The number of fused-ring (bicyclic) bond motifs is 10. The molecule has 0 bridgehead atoms. The molecule has 3 heterocycles. The fourth-order valence-corrected chi connectivity index (χ4v) is 14.1. The van der Waals surface area contributed by atoms with E-state index in [9.17, 15) is 24.5 Å². The number of rotatable bonds is 9. The summed E-state index contributed by atoms with van der Waals surface area (Å²) in [5.74, 6) is -1.33. The van der Waals surface area contributed by atoms with Crippen LogP contribution in [0.3, 0.4) is 0 Å². The van der Waals surface area contributed by atoms with Crippen molar-refractivity contribution in [3.05, 3.63) is 355 Å². The summed E-state index contributed by atoms with van der Waals surface area (Å²) in [6, 6.07) is 48.5. The van der Waals surface area contributed by atoms with Crippen LogP contribution in [0.1, 0.15) is 57.0 Å². The normalized spacial score (nSPS) is 15.8. The maximum Gasteiger partial charge on any atom is 0.252 e. The van der Waals surface area contributed by atoms with E-state index in [0.29, 0.717) is 95.0 Å². The van der Waals surface area contributed by atoms with E-state index in [0.717, 1.165) is 0 Å². The molecule has 0 spiro atoms. The molecule has 2 aliphatic heterocycles. The van der Waals surface area contributed by atoms with Gasteiger partial charge in [-0.15, -0.1) is 0 Å². The van der Waals surface area contributed by atoms with Crippen molar-refractivity contribution in [2.75, 3.05) is 9.80 Å². The molecule has 0 saturated carbocycles. The molecule has 3 aliphatic rings. The zero-order valence-corrected chi connectivity index (χ0v) is 48.9. The quantitative estimate of drug-likeness (QED) is 0.107. The Bertz CT molecular complexity index is 6630. The van der Waals surface area contributed by atoms with Crippen LogP contribution in [0.5, 0.6) is 0 Å². The molecule has 0 radical (unpaired) electrons. The highest BCUT2D eigenvalue weighted by Gasteiger charge is 2.45. The third kappa shape index (κ3) is 8.47. The molecule has 0 N–H and O–H groups in total. The Labute approximate surface area is 570 Å². The molecular formula is C87H54BN5. The molecule has 5 nitrogen and oxygen atoms in total. The number of para-hydroxylation sites is 2. The minimum atomic E-state index is -1.33. The average molecular weight is 1200 g/mol. The Morgan fingerprint density at radius 2 is 0.828 bits per heavy atom. The van der Waals surface area contributed by atoms with Gasteiger partial charge in [-0.1, -0.05) is 254 Å². The number of hydrogen-bond donors (Lipinski definition) is 0. The lowest BCUT2D eigenvalue weighted by Crippen LogP contribution is -2.61. The number of nitrogens with zero attached hydrogens (tertiary/aromatic N) is 5. The van der Waals surface area contributed by atoms with Gasteiger partial charge in [0, 0.05) is 67.6 Å². The molecule has 430 valence electrons. The zero-order chi connectivity index (χ0) is 80.0. The second-order valence-corrected chi connectivity index (χ2v) is 22.9. The van der Waals surface area contributed by atoms with E-state index >= 15 is 0 Å². The van der Waals surface area contributed by atoms with Crippen molar-refractivity contribution in [2.24, 2.45) is 0 Å². The van der Waals surface area contributed by atoms with Crippen LogP contribution in [0.4, 0.5) is 39.8 Å². The van der Waals surface area contributed by atoms with E-state index in [2.05, 4.69) is 10.9 Å². The number of benzene rings is 14. The molecule has 18 rings (SSSR count). The van der Waals surface area contributed by atoms with Crippen molar-refractivity contribution >= 4 is 84.7 Å². The Morgan fingerprint density at radius 3 is 1.33 bits per heavy atom. The predicted molar refractivity (Wildman–Crippen MR) is 386 cm³/mol. The lowest BCUT2D eigenvalue weighted by atomic mass is 9.33. The number of hydrogen-bond acceptors (Lipinski definition) is 3. The summed E-state index contributed by atoms with van der Waals surface area (Å²) < 4.78 is 198. The molecule has 14 aromatic carbocycles. The van der Waals surface area contributed by atoms with Gasteiger partial charge in [0.25, 0.3) is 6.71 Å². The molecular weight excluding hydrogens is 1130 g/mol. The number of anilines is 6. The van der Waals surface area contributed by atoms with Gasteiger partial charge in [0.2, 0.25) is 5.69 Å². The fraction of sp³-hybridized carbons (Fsp3) is 0.0115. The van der Waals surface area contributed by atoms with Gasteiger partial charge in [-0.2, -0.15) is 5.26 Å². The molecule has 0 fully saturated rings. The van der Waals surface area contributed by atoms with Gasteiger partial charge in [-0.05, 0) is 155 Å². The molecule has 0 atom stereocenters. The van der Waals surface area contributed by atoms with Gasteiger partial charge in [0.05, 0.1) is 52.0 Å². The first kappa shape index (κ1) is 36.3. The monoisotopic (exact) mass is 1200 g/mol. The van der Waals surface area contributed by atoms with Crippen molar-refractivity contribution in [1.29, 1.82) is 5.26 Å². The second kappa shape index (κ2) is 21.6. The predicted octanol–water partition coefficient (Wildman–Crippen LogP) is 20.8. The van der Waals surface area contributed by atoms with Crippen LogP contribution in [-0.2, 0) is 0 Å². The third-order valence-electron chi connectivity index (χ3n) is 18.0. The second-order valence-electron chi connectivity index (χ2n) is 22.9. The molecule has 0 amide bonds. The smallest absolute Gasteiger partial charge is 0.252 e. The molecule has 15 aromatic rings. The molecule has 0 unspecified atom stereocenters. The van der Waals surface area contributed by atoms with E-state index < -0.39 is 140 Å². The molecule has 1 aromatic heterocycles. The van der Waals surface area contributed by atoms with Gasteiger partial charge in [-0.3, -0.25) is 0 Å². The SMILES string of the molecule is [2H]c1c([2H])c([2H])c(-c2cc3c4c(c2)N(c2cc(-c5ccccc5)c(C#N)c(-c5ccccc5)c2)c2cc(-n5c6c([2H])c([2H])c([2H])c([2H])c6c6c([2H])c([2H])c([2H])c([2H])c65)ccc2B4c2ccc(C4c5c([2H])c([2H])c([2H])c([2H])c5-c5c([2H])c([2H])c([2H])c([2H])c54)cc2N3c2cc(-c3ccccc3)c([N+]#[C-])c(-c3ccccc3)c2)c([2H])c1[2H]. The summed E-state index contributed by atoms with van der Waals surface area (Å²) >= 11 is 0. The van der Waals surface area contributed by atoms with Crippen molar-refractivity contribution in [1.82, 2.24) is 4.57 Å². The van der Waals surface area contributed by atoms with Crippen molar-refractivity contribution in [2.45, 2.75) is 5.92 Å². The Kier molecular flexibility index (Phi) is 8.44. The number of nitriles is 1. The first-order chi connectivity index (χ1) is 54.8. The van der Waals surface area contributed by atoms with Crippen LogP contribution in [0, 0.1) is 17.9 Å². The Hall–Kier alpha value is -12.5. The van der Waals surface area contributed by atoms with Gasteiger partial charge in [-0.25, -0.2) is 4.85 Å². The van der Waals surface area contributed by atoms with Crippen molar-refractivity contribution in [3.8, 4) is 78.5 Å². The summed E-state index contributed by atoms with van der Waals surface area (Å²) in [5, 5.41) is 11.2. The summed E-state index contributed by atoms with van der Waals surface area (Å²) in [6.07, 6.45) is 0. The third-order valence-corrected chi connectivity index (χ3v) is 18.0. The van der Waals surface area contributed by atoms with E-state index in [4.69, 9.17) is 16.2 Å². The molecule has 6 heteroatoms. The van der Waals surface area contributed by atoms with E-state index in [1.54, 1.807) is 36.4 Å².